The molecule has 0 bridgehead atoms. The summed E-state index contributed by atoms with van der Waals surface area (Å²) in [6.07, 6.45) is 5.80. The van der Waals surface area contributed by atoms with Crippen molar-refractivity contribution in [2.24, 2.45) is 0 Å². The van der Waals surface area contributed by atoms with E-state index in [9.17, 15) is 15.2 Å². The van der Waals surface area contributed by atoms with Crippen molar-refractivity contribution in [1.82, 2.24) is 0 Å². The Balaban J connectivity index is 2.31. The Morgan fingerprint density at radius 3 is 2.90 bits per heavy atom. The first-order chi connectivity index (χ1) is 9.67. The summed E-state index contributed by atoms with van der Waals surface area (Å²) in [6.45, 7) is 2.98. The molecule has 0 saturated carbocycles. The molecule has 5 nitrogen and oxygen atoms in total. The molecule has 1 N–H and O–H groups in total. The molecule has 1 fully saturated rings. The largest absolute Gasteiger partial charge is 0.392 e. The fourth-order valence-electron chi connectivity index (χ4n) is 3.04. The minimum atomic E-state index is -0.414. The van der Waals surface area contributed by atoms with Crippen LogP contribution < -0.4 is 4.90 Å². The Morgan fingerprint density at radius 2 is 2.25 bits per heavy atom. The van der Waals surface area contributed by atoms with Crippen LogP contribution in [0.2, 0.25) is 0 Å². The van der Waals surface area contributed by atoms with E-state index < -0.39 is 4.92 Å². The summed E-state index contributed by atoms with van der Waals surface area (Å²) in [4.78, 5) is 12.7. The number of anilines is 1. The van der Waals surface area contributed by atoms with Gasteiger partial charge in [0.15, 0.2) is 0 Å². The highest BCUT2D eigenvalue weighted by atomic mass is 16.6. The quantitative estimate of drug-likeness (QED) is 0.663. The van der Waals surface area contributed by atoms with Crippen LogP contribution in [0, 0.1) is 10.1 Å². The van der Waals surface area contributed by atoms with E-state index in [2.05, 4.69) is 11.8 Å². The van der Waals surface area contributed by atoms with E-state index in [1.807, 2.05) is 0 Å². The first-order valence-electron chi connectivity index (χ1n) is 7.32. The SMILES string of the molecule is CCCC1CCCCN1c1ccc([N+](=O)[O-])cc1CO. The van der Waals surface area contributed by atoms with E-state index in [-0.39, 0.29) is 12.3 Å². The molecule has 1 aromatic carbocycles. The zero-order valence-electron chi connectivity index (χ0n) is 11.9. The smallest absolute Gasteiger partial charge is 0.269 e. The number of benzene rings is 1. The van der Waals surface area contributed by atoms with Gasteiger partial charge < -0.3 is 10.0 Å². The normalized spacial score (nSPS) is 19.1. The molecule has 2 rings (SSSR count). The van der Waals surface area contributed by atoms with Gasteiger partial charge in [-0.2, -0.15) is 0 Å². The van der Waals surface area contributed by atoms with Crippen molar-refractivity contribution in [3.63, 3.8) is 0 Å². The lowest BCUT2D eigenvalue weighted by Crippen LogP contribution is -2.40. The van der Waals surface area contributed by atoms with Crippen molar-refractivity contribution in [2.75, 3.05) is 11.4 Å². The number of aliphatic hydroxyl groups excluding tert-OH is 1. The third-order valence-corrected chi connectivity index (χ3v) is 4.00. The lowest BCUT2D eigenvalue weighted by Gasteiger charge is -2.38. The Bertz CT molecular complexity index is 474. The van der Waals surface area contributed by atoms with Gasteiger partial charge in [-0.3, -0.25) is 10.1 Å². The zero-order chi connectivity index (χ0) is 14.5. The minimum Gasteiger partial charge on any atom is -0.392 e. The van der Waals surface area contributed by atoms with Crippen molar-refractivity contribution in [1.29, 1.82) is 0 Å². The van der Waals surface area contributed by atoms with Crippen molar-refractivity contribution in [2.45, 2.75) is 51.7 Å². The van der Waals surface area contributed by atoms with Gasteiger partial charge in [0, 0.05) is 36.0 Å². The Kier molecular flexibility index (Phi) is 4.95. The number of non-ortho nitro benzene ring substituents is 1. The monoisotopic (exact) mass is 278 g/mol. The summed E-state index contributed by atoms with van der Waals surface area (Å²) in [7, 11) is 0. The second kappa shape index (κ2) is 6.70. The van der Waals surface area contributed by atoms with Crippen LogP contribution in [0.3, 0.4) is 0 Å². The molecule has 20 heavy (non-hydrogen) atoms. The van der Waals surface area contributed by atoms with Gasteiger partial charge in [-0.05, 0) is 31.7 Å². The minimum absolute atomic E-state index is 0.0434. The molecule has 1 aromatic rings. The van der Waals surface area contributed by atoms with Crippen molar-refractivity contribution in [3.05, 3.63) is 33.9 Å². The van der Waals surface area contributed by atoms with Gasteiger partial charge in [0.1, 0.15) is 0 Å². The molecule has 0 amide bonds. The van der Waals surface area contributed by atoms with Gasteiger partial charge in [-0.1, -0.05) is 13.3 Å². The van der Waals surface area contributed by atoms with Gasteiger partial charge in [0.25, 0.3) is 5.69 Å². The molecule has 1 aliphatic heterocycles. The third-order valence-electron chi connectivity index (χ3n) is 4.00. The summed E-state index contributed by atoms with van der Waals surface area (Å²) in [6, 6.07) is 5.30. The fraction of sp³-hybridized carbons (Fsp3) is 0.600. The summed E-state index contributed by atoms with van der Waals surface area (Å²) in [5.41, 5.74) is 1.65. The van der Waals surface area contributed by atoms with E-state index in [0.29, 0.717) is 11.6 Å². The van der Waals surface area contributed by atoms with Gasteiger partial charge in [-0.25, -0.2) is 0 Å². The molecule has 1 heterocycles. The molecule has 0 radical (unpaired) electrons. The maximum Gasteiger partial charge on any atom is 0.269 e. The predicted molar refractivity (Wildman–Crippen MR) is 78.9 cm³/mol. The highest BCUT2D eigenvalue weighted by molar-refractivity contribution is 5.58. The molecule has 0 aliphatic carbocycles. The van der Waals surface area contributed by atoms with Crippen LogP contribution in [0.15, 0.2) is 18.2 Å². The van der Waals surface area contributed by atoms with Crippen LogP contribution in [-0.4, -0.2) is 22.6 Å². The Labute approximate surface area is 119 Å². The molecule has 1 atom stereocenters. The lowest BCUT2D eigenvalue weighted by molar-refractivity contribution is -0.384. The lowest BCUT2D eigenvalue weighted by atomic mass is 9.96. The zero-order valence-corrected chi connectivity index (χ0v) is 11.9. The maximum absolute atomic E-state index is 10.8. The maximum atomic E-state index is 10.8. The molecule has 1 unspecified atom stereocenters. The third kappa shape index (κ3) is 3.10. The van der Waals surface area contributed by atoms with Gasteiger partial charge in [0.2, 0.25) is 0 Å². The average molecular weight is 278 g/mol. The Morgan fingerprint density at radius 1 is 1.45 bits per heavy atom. The first-order valence-corrected chi connectivity index (χ1v) is 7.32. The number of rotatable bonds is 5. The summed E-state index contributed by atoms with van der Waals surface area (Å²) in [5.74, 6) is 0. The summed E-state index contributed by atoms with van der Waals surface area (Å²) < 4.78 is 0. The van der Waals surface area contributed by atoms with Crippen molar-refractivity contribution >= 4 is 11.4 Å². The molecule has 110 valence electrons. The number of nitro benzene ring substituents is 1. The topological polar surface area (TPSA) is 66.6 Å². The molecule has 5 heteroatoms. The number of hydrogen-bond acceptors (Lipinski definition) is 4. The van der Waals surface area contributed by atoms with Gasteiger partial charge in [0.05, 0.1) is 11.5 Å². The highest BCUT2D eigenvalue weighted by Gasteiger charge is 2.24. The van der Waals surface area contributed by atoms with Crippen LogP contribution in [0.5, 0.6) is 0 Å². The van der Waals surface area contributed by atoms with E-state index in [1.165, 1.54) is 18.6 Å². The average Bonchev–Trinajstić information content (AvgIpc) is 2.47. The fourth-order valence-corrected chi connectivity index (χ4v) is 3.04. The van der Waals surface area contributed by atoms with Crippen LogP contribution >= 0.6 is 0 Å². The second-order valence-corrected chi connectivity index (χ2v) is 5.36. The van der Waals surface area contributed by atoms with Crippen LogP contribution in [0.25, 0.3) is 0 Å². The molecule has 0 spiro atoms. The number of nitrogens with zero attached hydrogens (tertiary/aromatic N) is 2. The first kappa shape index (κ1) is 14.8. The molecule has 1 aliphatic rings. The van der Waals surface area contributed by atoms with Gasteiger partial charge >= 0.3 is 0 Å². The number of aliphatic hydroxyl groups is 1. The molecule has 1 saturated heterocycles. The Hall–Kier alpha value is -1.62. The number of nitro groups is 1. The summed E-state index contributed by atoms with van der Waals surface area (Å²) in [5, 5.41) is 20.4. The predicted octanol–water partition coefficient (Wildman–Crippen LogP) is 3.25. The van der Waals surface area contributed by atoms with E-state index >= 15 is 0 Å². The van der Waals surface area contributed by atoms with E-state index in [0.717, 1.165) is 37.9 Å². The number of hydrogen-bond donors (Lipinski definition) is 1. The van der Waals surface area contributed by atoms with Crippen LogP contribution in [0.1, 0.15) is 44.6 Å². The molecule has 0 aromatic heterocycles. The van der Waals surface area contributed by atoms with Crippen LogP contribution in [-0.2, 0) is 6.61 Å². The van der Waals surface area contributed by atoms with Crippen molar-refractivity contribution < 1.29 is 10.0 Å². The summed E-state index contributed by atoms with van der Waals surface area (Å²) >= 11 is 0. The van der Waals surface area contributed by atoms with E-state index in [1.54, 1.807) is 6.07 Å². The van der Waals surface area contributed by atoms with Crippen LogP contribution in [0.4, 0.5) is 11.4 Å². The van der Waals surface area contributed by atoms with Crippen molar-refractivity contribution in [3.8, 4) is 0 Å². The standard InChI is InChI=1S/C15H22N2O3/c1-2-5-13-6-3-4-9-16(13)15-8-7-14(17(19)20)10-12(15)11-18/h7-8,10,13,18H,2-6,9,11H2,1H3. The molecular formula is C15H22N2O3. The number of piperidine rings is 1. The van der Waals surface area contributed by atoms with Gasteiger partial charge in [-0.15, -0.1) is 0 Å². The van der Waals surface area contributed by atoms with E-state index in [4.69, 9.17) is 0 Å². The second-order valence-electron chi connectivity index (χ2n) is 5.36. The molecular weight excluding hydrogens is 256 g/mol. The highest BCUT2D eigenvalue weighted by Crippen LogP contribution is 2.32.